The van der Waals surface area contributed by atoms with Crippen molar-refractivity contribution in [2.45, 2.75) is 32.4 Å². The largest absolute Gasteiger partial charge is 0.490 e. The van der Waals surface area contributed by atoms with Crippen LogP contribution in [-0.4, -0.2) is 58.6 Å². The molecular weight excluding hydrogens is 636 g/mol. The third-order valence-corrected chi connectivity index (χ3v) is 7.69. The quantitative estimate of drug-likeness (QED) is 0.177. The van der Waals surface area contributed by atoms with Crippen LogP contribution >= 0.6 is 34.5 Å². The summed E-state index contributed by atoms with van der Waals surface area (Å²) in [7, 11) is 3.77. The highest BCUT2D eigenvalue weighted by Gasteiger charge is 2.38. The Labute approximate surface area is 267 Å². The smallest absolute Gasteiger partial charge is 0.475 e. The average molecular weight is 668 g/mol. The van der Waals surface area contributed by atoms with Gasteiger partial charge in [0.2, 0.25) is 5.91 Å². The molecule has 0 atom stereocenters. The minimum atomic E-state index is -5.08. The molecule has 1 heterocycles. The molecule has 0 spiro atoms. The van der Waals surface area contributed by atoms with Crippen LogP contribution in [0.15, 0.2) is 78.2 Å². The van der Waals surface area contributed by atoms with Gasteiger partial charge in [-0.25, -0.2) is 9.78 Å². The molecule has 0 aliphatic rings. The first kappa shape index (κ1) is 35.0. The van der Waals surface area contributed by atoms with E-state index in [0.29, 0.717) is 29.7 Å². The summed E-state index contributed by atoms with van der Waals surface area (Å²) in [6, 6.07) is 24.3. The normalized spacial score (nSPS) is 11.2. The highest BCUT2D eigenvalue weighted by molar-refractivity contribution is 7.13. The van der Waals surface area contributed by atoms with E-state index < -0.39 is 12.1 Å². The summed E-state index contributed by atoms with van der Waals surface area (Å²) in [5.41, 5.74) is 5.35. The third-order valence-electron chi connectivity index (χ3n) is 6.01. The fourth-order valence-corrected chi connectivity index (χ4v) is 5.02. The number of thiazole rings is 1. The molecule has 3 aromatic carbocycles. The zero-order valence-corrected chi connectivity index (χ0v) is 26.3. The Balaban J connectivity index is 0.000000676. The fraction of sp³-hybridized carbons (Fsp3) is 0.258. The number of carbonyl (C=O) groups is 2. The van der Waals surface area contributed by atoms with E-state index in [1.165, 1.54) is 11.1 Å². The van der Waals surface area contributed by atoms with Crippen molar-refractivity contribution in [3.8, 4) is 10.6 Å². The second-order valence-electron chi connectivity index (χ2n) is 9.97. The predicted molar refractivity (Wildman–Crippen MR) is 167 cm³/mol. The van der Waals surface area contributed by atoms with Gasteiger partial charge < -0.3 is 20.2 Å². The van der Waals surface area contributed by atoms with Crippen LogP contribution in [-0.2, 0) is 35.8 Å². The van der Waals surface area contributed by atoms with Gasteiger partial charge in [-0.15, -0.1) is 11.3 Å². The summed E-state index contributed by atoms with van der Waals surface area (Å²) < 4.78 is 31.7. The van der Waals surface area contributed by atoms with Crippen LogP contribution in [0.2, 0.25) is 10.0 Å². The third kappa shape index (κ3) is 11.5. The summed E-state index contributed by atoms with van der Waals surface area (Å²) in [5, 5.41) is 14.5. The Kier molecular flexibility index (Phi) is 13.2. The lowest BCUT2D eigenvalue weighted by molar-refractivity contribution is -0.192. The number of carboxylic acids is 1. The standard InChI is InChI=1S/C29H30Cl2N4OS.C2HF3O2/c1-34(2)19-28(36)35(17-23-10-13-26(30)27(31)14-23)18-25-20-37-29(33-25)24-11-8-22(9-12-24)16-32-15-21-6-4-3-5-7-21;3-2(4,5)1(6)7/h3-14,20,32H,15-19H2,1-2H3;(H,6,7). The van der Waals surface area contributed by atoms with Gasteiger partial charge in [-0.3, -0.25) is 4.79 Å². The molecule has 0 saturated heterocycles. The van der Waals surface area contributed by atoms with Crippen LogP contribution in [0.3, 0.4) is 0 Å². The molecule has 1 aromatic heterocycles. The lowest BCUT2D eigenvalue weighted by Crippen LogP contribution is -2.37. The highest BCUT2D eigenvalue weighted by Crippen LogP contribution is 2.26. The first-order chi connectivity index (χ1) is 20.8. The van der Waals surface area contributed by atoms with E-state index in [2.05, 4.69) is 53.8 Å². The van der Waals surface area contributed by atoms with Crippen molar-refractivity contribution in [3.05, 3.63) is 111 Å². The Morgan fingerprint density at radius 1 is 0.886 bits per heavy atom. The predicted octanol–water partition coefficient (Wildman–Crippen LogP) is 7.13. The molecule has 0 unspecified atom stereocenters. The maximum Gasteiger partial charge on any atom is 0.490 e. The number of amides is 1. The van der Waals surface area contributed by atoms with Gasteiger partial charge in [-0.2, -0.15) is 13.2 Å². The summed E-state index contributed by atoms with van der Waals surface area (Å²) >= 11 is 13.9. The number of aromatic nitrogens is 1. The number of hydrogen-bond donors (Lipinski definition) is 2. The molecule has 4 rings (SSSR count). The van der Waals surface area contributed by atoms with Crippen molar-refractivity contribution >= 4 is 46.4 Å². The summed E-state index contributed by atoms with van der Waals surface area (Å²) in [6.07, 6.45) is -5.08. The van der Waals surface area contributed by atoms with Crippen LogP contribution in [0.4, 0.5) is 13.2 Å². The molecule has 1 amide bonds. The van der Waals surface area contributed by atoms with E-state index in [1.54, 1.807) is 22.3 Å². The summed E-state index contributed by atoms with van der Waals surface area (Å²) in [4.78, 5) is 30.4. The van der Waals surface area contributed by atoms with Crippen LogP contribution in [0.5, 0.6) is 0 Å². The van der Waals surface area contributed by atoms with Gasteiger partial charge in [0.05, 0.1) is 28.8 Å². The Morgan fingerprint density at radius 2 is 1.48 bits per heavy atom. The van der Waals surface area contributed by atoms with Gasteiger partial charge in [0.1, 0.15) is 5.01 Å². The number of carboxylic acid groups (broad SMARTS) is 1. The molecular formula is C31H31Cl2F3N4O3S. The molecule has 0 radical (unpaired) electrons. The van der Waals surface area contributed by atoms with Gasteiger partial charge >= 0.3 is 12.1 Å². The van der Waals surface area contributed by atoms with Crippen molar-refractivity contribution in [2.75, 3.05) is 20.6 Å². The van der Waals surface area contributed by atoms with Crippen molar-refractivity contribution < 1.29 is 27.9 Å². The van der Waals surface area contributed by atoms with Crippen LogP contribution < -0.4 is 5.32 Å². The van der Waals surface area contributed by atoms with Crippen molar-refractivity contribution in [3.63, 3.8) is 0 Å². The maximum absolute atomic E-state index is 13.0. The van der Waals surface area contributed by atoms with Crippen molar-refractivity contribution in [1.29, 1.82) is 0 Å². The topological polar surface area (TPSA) is 85.8 Å². The Hall–Kier alpha value is -3.48. The molecule has 2 N–H and O–H groups in total. The van der Waals surface area contributed by atoms with E-state index in [9.17, 15) is 18.0 Å². The molecule has 0 aliphatic carbocycles. The number of likely N-dealkylation sites (N-methyl/N-ethyl adjacent to an activating group) is 1. The Morgan fingerprint density at radius 3 is 2.05 bits per heavy atom. The van der Waals surface area contributed by atoms with Crippen LogP contribution in [0, 0.1) is 0 Å². The van der Waals surface area contributed by atoms with E-state index in [1.807, 2.05) is 42.6 Å². The monoisotopic (exact) mass is 666 g/mol. The molecule has 0 bridgehead atoms. The maximum atomic E-state index is 13.0. The second-order valence-corrected chi connectivity index (χ2v) is 11.6. The number of nitrogens with zero attached hydrogens (tertiary/aromatic N) is 3. The number of hydrogen-bond acceptors (Lipinski definition) is 6. The Bertz CT molecular complexity index is 1520. The SMILES string of the molecule is CN(C)CC(=O)N(Cc1ccc(Cl)c(Cl)c1)Cc1csc(-c2ccc(CNCc3ccccc3)cc2)n1.O=C(O)C(F)(F)F. The number of benzene rings is 3. The van der Waals surface area contributed by atoms with Gasteiger partial charge in [-0.05, 0) is 42.9 Å². The zero-order valence-electron chi connectivity index (χ0n) is 23.9. The minimum Gasteiger partial charge on any atom is -0.475 e. The molecule has 13 heteroatoms. The van der Waals surface area contributed by atoms with E-state index in [-0.39, 0.29) is 5.91 Å². The number of alkyl halides is 3. The van der Waals surface area contributed by atoms with Crippen molar-refractivity contribution in [2.24, 2.45) is 0 Å². The van der Waals surface area contributed by atoms with Gasteiger partial charge in [0.15, 0.2) is 0 Å². The van der Waals surface area contributed by atoms with Gasteiger partial charge in [0.25, 0.3) is 0 Å². The number of halogens is 5. The van der Waals surface area contributed by atoms with E-state index in [0.717, 1.165) is 34.9 Å². The lowest BCUT2D eigenvalue weighted by atomic mass is 10.1. The number of aliphatic carboxylic acids is 1. The summed E-state index contributed by atoms with van der Waals surface area (Å²) in [6.45, 7) is 2.81. The first-order valence-electron chi connectivity index (χ1n) is 13.3. The first-order valence-corrected chi connectivity index (χ1v) is 14.9. The number of rotatable bonds is 11. The lowest BCUT2D eigenvalue weighted by Gasteiger charge is -2.24. The highest BCUT2D eigenvalue weighted by atomic mass is 35.5. The summed E-state index contributed by atoms with van der Waals surface area (Å²) in [5.74, 6) is -2.73. The average Bonchev–Trinajstić information content (AvgIpc) is 3.43. The van der Waals surface area contributed by atoms with Gasteiger partial charge in [-0.1, -0.05) is 83.9 Å². The van der Waals surface area contributed by atoms with E-state index >= 15 is 0 Å². The number of nitrogens with one attached hydrogen (secondary N) is 1. The zero-order chi connectivity index (χ0) is 32.3. The minimum absolute atomic E-state index is 0.0259. The molecule has 0 aliphatic heterocycles. The second kappa shape index (κ2) is 16.6. The molecule has 44 heavy (non-hydrogen) atoms. The van der Waals surface area contributed by atoms with Gasteiger partial charge in [0, 0.05) is 30.6 Å². The molecule has 234 valence electrons. The van der Waals surface area contributed by atoms with Crippen LogP contribution in [0.1, 0.15) is 22.4 Å². The van der Waals surface area contributed by atoms with Crippen molar-refractivity contribution in [1.82, 2.24) is 20.1 Å². The van der Waals surface area contributed by atoms with Crippen LogP contribution in [0.25, 0.3) is 10.6 Å². The number of carbonyl (C=O) groups excluding carboxylic acids is 1. The fourth-order valence-electron chi connectivity index (χ4n) is 3.88. The van der Waals surface area contributed by atoms with E-state index in [4.69, 9.17) is 38.1 Å². The molecule has 4 aromatic rings. The molecule has 7 nitrogen and oxygen atoms in total. The molecule has 0 fully saturated rings. The molecule has 0 saturated carbocycles.